The summed E-state index contributed by atoms with van der Waals surface area (Å²) in [6, 6.07) is 16.7. The van der Waals surface area contributed by atoms with Gasteiger partial charge in [-0.25, -0.2) is 9.59 Å². The maximum Gasteiger partial charge on any atom is 0.407 e. The van der Waals surface area contributed by atoms with Gasteiger partial charge in [-0.3, -0.25) is 0 Å². The fourth-order valence-corrected chi connectivity index (χ4v) is 3.02. The lowest BCUT2D eigenvalue weighted by Crippen LogP contribution is -2.65. The predicted octanol–water partition coefficient (Wildman–Crippen LogP) is 1.03. The lowest BCUT2D eigenvalue weighted by Gasteiger charge is -2.41. The number of hydrogen-bond acceptors (Lipinski definition) is 7. The highest BCUT2D eigenvalue weighted by atomic mass is 16.7. The number of ether oxygens (including phenoxy) is 3. The molecule has 3 rings (SSSR count). The molecule has 1 fully saturated rings. The molecule has 4 N–H and O–H groups in total. The number of aliphatic carboxylic acids is 1. The van der Waals surface area contributed by atoms with Crippen molar-refractivity contribution in [2.24, 2.45) is 0 Å². The van der Waals surface area contributed by atoms with Gasteiger partial charge < -0.3 is 34.8 Å². The van der Waals surface area contributed by atoms with E-state index >= 15 is 0 Å². The highest BCUT2D eigenvalue weighted by Gasteiger charge is 2.49. The normalized spacial score (nSPS) is 26.0. The molecule has 0 aromatic heterocycles. The van der Waals surface area contributed by atoms with E-state index in [0.717, 1.165) is 11.1 Å². The summed E-state index contributed by atoms with van der Waals surface area (Å²) in [5, 5.41) is 32.2. The lowest BCUT2D eigenvalue weighted by atomic mass is 9.97. The largest absolute Gasteiger partial charge is 0.479 e. The first-order valence-corrected chi connectivity index (χ1v) is 9.33. The minimum absolute atomic E-state index is 0.00775. The van der Waals surface area contributed by atoms with Crippen LogP contribution in [0, 0.1) is 0 Å². The quantitative estimate of drug-likeness (QED) is 0.525. The van der Waals surface area contributed by atoms with Gasteiger partial charge in [0.2, 0.25) is 0 Å². The van der Waals surface area contributed by atoms with E-state index in [-0.39, 0.29) is 13.2 Å². The number of aliphatic hydroxyl groups excluding tert-OH is 2. The van der Waals surface area contributed by atoms with Gasteiger partial charge in [-0.2, -0.15) is 0 Å². The molecule has 0 unspecified atom stereocenters. The van der Waals surface area contributed by atoms with Crippen molar-refractivity contribution in [1.82, 2.24) is 5.32 Å². The standard InChI is InChI=1S/C21H23NO8/c23-16-15(22-21(27)29-12-14-9-5-2-6-10-14)20(30-18(17(16)24)19(25)26)28-11-13-7-3-1-4-8-13/h1-10,15-18,20,23-24H,11-12H2,(H,22,27)(H,25,26)/t15-,16+,17+,18-,20+/m1/s1. The third-order valence-electron chi connectivity index (χ3n) is 4.60. The third-order valence-corrected chi connectivity index (χ3v) is 4.60. The van der Waals surface area contributed by atoms with E-state index in [2.05, 4.69) is 5.32 Å². The van der Waals surface area contributed by atoms with Gasteiger partial charge in [-0.15, -0.1) is 0 Å². The minimum Gasteiger partial charge on any atom is -0.479 e. The number of benzene rings is 2. The van der Waals surface area contributed by atoms with Gasteiger partial charge in [0.25, 0.3) is 0 Å². The van der Waals surface area contributed by atoms with Crippen molar-refractivity contribution in [3.8, 4) is 0 Å². The van der Waals surface area contributed by atoms with Gasteiger partial charge in [-0.1, -0.05) is 60.7 Å². The minimum atomic E-state index is -1.77. The first kappa shape index (κ1) is 21.7. The van der Waals surface area contributed by atoms with Crippen molar-refractivity contribution in [2.45, 2.75) is 43.9 Å². The fourth-order valence-electron chi connectivity index (χ4n) is 3.02. The second kappa shape index (κ2) is 10.2. The molecular weight excluding hydrogens is 394 g/mol. The summed E-state index contributed by atoms with van der Waals surface area (Å²) in [5.74, 6) is -1.46. The molecule has 0 bridgehead atoms. The molecule has 9 nitrogen and oxygen atoms in total. The number of nitrogens with one attached hydrogen (secondary N) is 1. The van der Waals surface area contributed by atoms with Gasteiger partial charge in [0.1, 0.15) is 24.9 Å². The van der Waals surface area contributed by atoms with E-state index in [4.69, 9.17) is 14.2 Å². The molecule has 0 saturated carbocycles. The van der Waals surface area contributed by atoms with Crippen LogP contribution in [0.25, 0.3) is 0 Å². The summed E-state index contributed by atoms with van der Waals surface area (Å²) < 4.78 is 16.1. The molecule has 1 heterocycles. The molecule has 0 radical (unpaired) electrons. The van der Waals surface area contributed by atoms with Crippen LogP contribution in [0.5, 0.6) is 0 Å². The highest BCUT2D eigenvalue weighted by Crippen LogP contribution is 2.23. The molecule has 1 saturated heterocycles. The number of rotatable bonds is 7. The average Bonchev–Trinajstić information content (AvgIpc) is 2.76. The van der Waals surface area contributed by atoms with Gasteiger partial charge in [0, 0.05) is 0 Å². The van der Waals surface area contributed by atoms with E-state index in [1.165, 1.54) is 0 Å². The van der Waals surface area contributed by atoms with Crippen LogP contribution in [0.2, 0.25) is 0 Å². The molecule has 1 amide bonds. The average molecular weight is 417 g/mol. The smallest absolute Gasteiger partial charge is 0.407 e. The van der Waals surface area contributed by atoms with Crippen LogP contribution in [0.1, 0.15) is 11.1 Å². The summed E-state index contributed by atoms with van der Waals surface area (Å²) >= 11 is 0. The number of amides is 1. The fraction of sp³-hybridized carbons (Fsp3) is 0.333. The molecule has 1 aliphatic rings. The van der Waals surface area contributed by atoms with Gasteiger partial charge in [0.15, 0.2) is 12.4 Å². The zero-order valence-corrected chi connectivity index (χ0v) is 16.0. The van der Waals surface area contributed by atoms with E-state index in [1.807, 2.05) is 12.1 Å². The molecule has 9 heteroatoms. The Bertz CT molecular complexity index is 831. The zero-order valence-electron chi connectivity index (χ0n) is 16.0. The van der Waals surface area contributed by atoms with Gasteiger partial charge >= 0.3 is 12.1 Å². The SMILES string of the molecule is O=C(N[C@H]1[C@@H](OCc2ccccc2)O[C@@H](C(=O)O)[C@@H](O)[C@H]1O)OCc1ccccc1. The molecule has 160 valence electrons. The van der Waals surface area contributed by atoms with Crippen molar-refractivity contribution in [1.29, 1.82) is 0 Å². The number of aliphatic hydroxyl groups is 2. The summed E-state index contributed by atoms with van der Waals surface area (Å²) in [7, 11) is 0. The van der Waals surface area contributed by atoms with Gasteiger partial charge in [-0.05, 0) is 11.1 Å². The Morgan fingerprint density at radius 2 is 1.47 bits per heavy atom. The lowest BCUT2D eigenvalue weighted by molar-refractivity contribution is -0.266. The molecule has 30 heavy (non-hydrogen) atoms. The second-order valence-corrected chi connectivity index (χ2v) is 6.77. The predicted molar refractivity (Wildman–Crippen MR) is 103 cm³/mol. The highest BCUT2D eigenvalue weighted by molar-refractivity contribution is 5.73. The first-order chi connectivity index (χ1) is 14.5. The Balaban J connectivity index is 1.67. The number of carbonyl (C=O) groups is 2. The van der Waals surface area contributed by atoms with E-state index in [9.17, 15) is 24.9 Å². The molecule has 2 aromatic carbocycles. The Morgan fingerprint density at radius 3 is 2.03 bits per heavy atom. The molecule has 2 aromatic rings. The molecule has 5 atom stereocenters. The van der Waals surface area contributed by atoms with Crippen LogP contribution >= 0.6 is 0 Å². The molecule has 1 aliphatic heterocycles. The van der Waals surface area contributed by atoms with Crippen molar-refractivity contribution in [2.75, 3.05) is 0 Å². The van der Waals surface area contributed by atoms with Crippen LogP contribution in [-0.4, -0.2) is 58.0 Å². The van der Waals surface area contributed by atoms with Crippen molar-refractivity contribution >= 4 is 12.1 Å². The summed E-state index contributed by atoms with van der Waals surface area (Å²) in [4.78, 5) is 23.6. The number of carboxylic acids is 1. The third kappa shape index (κ3) is 5.55. The van der Waals surface area contributed by atoms with E-state index in [0.29, 0.717) is 0 Å². The topological polar surface area (TPSA) is 135 Å². The number of alkyl carbamates (subject to hydrolysis) is 1. The molecular formula is C21H23NO8. The second-order valence-electron chi connectivity index (χ2n) is 6.77. The zero-order chi connectivity index (χ0) is 21.5. The van der Waals surface area contributed by atoms with Crippen LogP contribution in [0.15, 0.2) is 60.7 Å². The maximum atomic E-state index is 12.2. The molecule has 0 aliphatic carbocycles. The monoisotopic (exact) mass is 417 g/mol. The van der Waals surface area contributed by atoms with Crippen molar-refractivity contribution in [3.05, 3.63) is 71.8 Å². The van der Waals surface area contributed by atoms with Crippen LogP contribution in [0.4, 0.5) is 4.79 Å². The Hall–Kier alpha value is -2.98. The maximum absolute atomic E-state index is 12.2. The van der Waals surface area contributed by atoms with Crippen LogP contribution in [-0.2, 0) is 32.2 Å². The number of hydrogen-bond donors (Lipinski definition) is 4. The Labute approximate surface area is 172 Å². The summed E-state index contributed by atoms with van der Waals surface area (Å²) in [6.07, 6.45) is -7.32. The van der Waals surface area contributed by atoms with Crippen LogP contribution < -0.4 is 5.32 Å². The molecule has 0 spiro atoms. The van der Waals surface area contributed by atoms with Gasteiger partial charge in [0.05, 0.1) is 6.61 Å². The van der Waals surface area contributed by atoms with Crippen LogP contribution in [0.3, 0.4) is 0 Å². The summed E-state index contributed by atoms with van der Waals surface area (Å²) in [6.45, 7) is 0.0318. The van der Waals surface area contributed by atoms with Crippen molar-refractivity contribution in [3.63, 3.8) is 0 Å². The number of carboxylic acid groups (broad SMARTS) is 1. The van der Waals surface area contributed by atoms with Crippen molar-refractivity contribution < 1.29 is 39.1 Å². The Morgan fingerprint density at radius 1 is 0.900 bits per heavy atom. The first-order valence-electron chi connectivity index (χ1n) is 9.33. The summed E-state index contributed by atoms with van der Waals surface area (Å²) in [5.41, 5.74) is 1.54. The Kier molecular flexibility index (Phi) is 7.36. The van der Waals surface area contributed by atoms with E-state index in [1.54, 1.807) is 48.5 Å². The number of carbonyl (C=O) groups excluding carboxylic acids is 1. The van der Waals surface area contributed by atoms with E-state index < -0.39 is 42.7 Å².